The van der Waals surface area contributed by atoms with Gasteiger partial charge in [0, 0.05) is 11.1 Å². The number of nitriles is 1. The van der Waals surface area contributed by atoms with Crippen molar-refractivity contribution in [3.8, 4) is 6.07 Å². The van der Waals surface area contributed by atoms with Gasteiger partial charge in [-0.25, -0.2) is 0 Å². The van der Waals surface area contributed by atoms with Crippen molar-refractivity contribution in [1.82, 2.24) is 5.32 Å². The van der Waals surface area contributed by atoms with Crippen molar-refractivity contribution in [3.63, 3.8) is 0 Å². The summed E-state index contributed by atoms with van der Waals surface area (Å²) in [6.45, 7) is 0.407. The molecule has 0 spiro atoms. The summed E-state index contributed by atoms with van der Waals surface area (Å²) in [4.78, 5) is 0. The highest BCUT2D eigenvalue weighted by Crippen LogP contribution is 2.37. The summed E-state index contributed by atoms with van der Waals surface area (Å²) >= 11 is 5.88. The molecule has 0 aliphatic heterocycles. The van der Waals surface area contributed by atoms with Gasteiger partial charge in [-0.05, 0) is 36.5 Å². The van der Waals surface area contributed by atoms with Crippen molar-refractivity contribution in [2.75, 3.05) is 6.54 Å². The van der Waals surface area contributed by atoms with Crippen molar-refractivity contribution < 1.29 is 0 Å². The van der Waals surface area contributed by atoms with Gasteiger partial charge in [-0.3, -0.25) is 5.32 Å². The van der Waals surface area contributed by atoms with Crippen LogP contribution in [-0.2, 0) is 0 Å². The normalized spacial score (nSPS) is 17.5. The van der Waals surface area contributed by atoms with E-state index in [1.54, 1.807) is 0 Å². The van der Waals surface area contributed by atoms with E-state index in [0.717, 1.165) is 5.02 Å². The van der Waals surface area contributed by atoms with Crippen LogP contribution in [0.15, 0.2) is 24.3 Å². The van der Waals surface area contributed by atoms with Crippen LogP contribution in [0.3, 0.4) is 0 Å². The van der Waals surface area contributed by atoms with Gasteiger partial charge in [0.2, 0.25) is 0 Å². The fourth-order valence-electron chi connectivity index (χ4n) is 2.16. The Morgan fingerprint density at radius 1 is 1.38 bits per heavy atom. The zero-order valence-corrected chi connectivity index (χ0v) is 9.87. The lowest BCUT2D eigenvalue weighted by Gasteiger charge is -2.34. The largest absolute Gasteiger partial charge is 0.297 e. The van der Waals surface area contributed by atoms with Gasteiger partial charge in [0.05, 0.1) is 12.6 Å². The minimum absolute atomic E-state index is 0.311. The smallest absolute Gasteiger partial charge is 0.0845 e. The topological polar surface area (TPSA) is 35.8 Å². The highest BCUT2D eigenvalue weighted by atomic mass is 35.5. The lowest BCUT2D eigenvalue weighted by atomic mass is 9.77. The number of hydrogen-bond donors (Lipinski definition) is 1. The molecule has 1 fully saturated rings. The summed E-state index contributed by atoms with van der Waals surface area (Å²) in [7, 11) is 0. The summed E-state index contributed by atoms with van der Waals surface area (Å²) in [6, 6.07) is 10.4. The van der Waals surface area contributed by atoms with Crippen LogP contribution in [0.4, 0.5) is 0 Å². The van der Waals surface area contributed by atoms with Crippen LogP contribution in [0.25, 0.3) is 0 Å². The molecule has 2 rings (SSSR count). The standard InChI is InChI=1S/C13H15ClN2/c14-12-6-4-11(5-7-12)13(16-9-8-15)10-2-1-3-10/h4-7,10,13,16H,1-3,9H2/t13-/m0/s1. The van der Waals surface area contributed by atoms with Gasteiger partial charge in [-0.2, -0.15) is 5.26 Å². The second kappa shape index (κ2) is 5.34. The maximum absolute atomic E-state index is 8.65. The molecule has 1 aliphatic carbocycles. The molecular weight excluding hydrogens is 220 g/mol. The first-order valence-electron chi connectivity index (χ1n) is 5.67. The number of nitrogens with zero attached hydrogens (tertiary/aromatic N) is 1. The lowest BCUT2D eigenvalue weighted by molar-refractivity contribution is 0.235. The molecule has 1 aromatic rings. The Morgan fingerprint density at radius 2 is 2.06 bits per heavy atom. The Balaban J connectivity index is 2.10. The molecule has 0 heterocycles. The molecule has 2 nitrogen and oxygen atoms in total. The second-order valence-corrected chi connectivity index (χ2v) is 4.70. The Morgan fingerprint density at radius 3 is 2.56 bits per heavy atom. The van der Waals surface area contributed by atoms with Gasteiger partial charge >= 0.3 is 0 Å². The molecule has 0 unspecified atom stereocenters. The fourth-order valence-corrected chi connectivity index (χ4v) is 2.28. The lowest BCUT2D eigenvalue weighted by Crippen LogP contribution is -2.32. The van der Waals surface area contributed by atoms with E-state index in [2.05, 4.69) is 23.5 Å². The van der Waals surface area contributed by atoms with E-state index in [-0.39, 0.29) is 0 Å². The number of nitrogens with one attached hydrogen (secondary N) is 1. The van der Waals surface area contributed by atoms with E-state index >= 15 is 0 Å². The third-order valence-electron chi connectivity index (χ3n) is 3.25. The Hall–Kier alpha value is -1.04. The molecule has 84 valence electrons. The van der Waals surface area contributed by atoms with Crippen LogP contribution in [0.2, 0.25) is 5.02 Å². The van der Waals surface area contributed by atoms with E-state index in [1.165, 1.54) is 24.8 Å². The zero-order chi connectivity index (χ0) is 11.4. The van der Waals surface area contributed by atoms with Gasteiger partial charge in [0.15, 0.2) is 0 Å². The van der Waals surface area contributed by atoms with E-state index in [1.807, 2.05) is 12.1 Å². The Kier molecular flexibility index (Phi) is 3.82. The molecule has 1 saturated carbocycles. The molecule has 3 heteroatoms. The average Bonchev–Trinajstić information content (AvgIpc) is 2.23. The monoisotopic (exact) mass is 234 g/mol. The third-order valence-corrected chi connectivity index (χ3v) is 3.50. The highest BCUT2D eigenvalue weighted by Gasteiger charge is 2.27. The third kappa shape index (κ3) is 2.55. The maximum Gasteiger partial charge on any atom is 0.0845 e. The summed E-state index contributed by atoms with van der Waals surface area (Å²) in [6.07, 6.45) is 3.82. The van der Waals surface area contributed by atoms with Crippen molar-refractivity contribution >= 4 is 11.6 Å². The van der Waals surface area contributed by atoms with Gasteiger partial charge in [0.1, 0.15) is 0 Å². The summed E-state index contributed by atoms with van der Waals surface area (Å²) < 4.78 is 0. The quantitative estimate of drug-likeness (QED) is 0.812. The predicted octanol–water partition coefficient (Wildman–Crippen LogP) is 3.29. The van der Waals surface area contributed by atoms with Crippen LogP contribution in [0, 0.1) is 17.2 Å². The molecule has 0 saturated heterocycles. The number of benzene rings is 1. The fraction of sp³-hybridized carbons (Fsp3) is 0.462. The van der Waals surface area contributed by atoms with Gasteiger partial charge in [0.25, 0.3) is 0 Å². The number of rotatable bonds is 4. The van der Waals surface area contributed by atoms with E-state index in [4.69, 9.17) is 16.9 Å². The van der Waals surface area contributed by atoms with Crippen molar-refractivity contribution in [1.29, 1.82) is 5.26 Å². The Bertz CT molecular complexity index is 376. The first kappa shape index (κ1) is 11.4. The van der Waals surface area contributed by atoms with Crippen LogP contribution in [0.1, 0.15) is 30.9 Å². The molecule has 0 aromatic heterocycles. The van der Waals surface area contributed by atoms with Crippen LogP contribution in [0.5, 0.6) is 0 Å². The van der Waals surface area contributed by atoms with E-state index in [0.29, 0.717) is 18.5 Å². The molecule has 1 aliphatic rings. The van der Waals surface area contributed by atoms with Crippen molar-refractivity contribution in [2.24, 2.45) is 5.92 Å². The summed E-state index contributed by atoms with van der Waals surface area (Å²) in [5, 5.41) is 12.7. The second-order valence-electron chi connectivity index (χ2n) is 4.26. The zero-order valence-electron chi connectivity index (χ0n) is 9.12. The van der Waals surface area contributed by atoms with Gasteiger partial charge in [-0.15, -0.1) is 0 Å². The summed E-state index contributed by atoms with van der Waals surface area (Å²) in [5.41, 5.74) is 1.24. The Labute approximate surface area is 101 Å². The molecule has 0 amide bonds. The first-order chi connectivity index (χ1) is 7.81. The SMILES string of the molecule is N#CCN[C@H](c1ccc(Cl)cc1)C1CCC1. The van der Waals surface area contributed by atoms with Gasteiger partial charge in [-0.1, -0.05) is 30.2 Å². The first-order valence-corrected chi connectivity index (χ1v) is 6.05. The van der Waals surface area contributed by atoms with Crippen molar-refractivity contribution in [3.05, 3.63) is 34.9 Å². The van der Waals surface area contributed by atoms with E-state index < -0.39 is 0 Å². The molecule has 1 N–H and O–H groups in total. The maximum atomic E-state index is 8.65. The van der Waals surface area contributed by atoms with Crippen LogP contribution < -0.4 is 5.32 Å². The average molecular weight is 235 g/mol. The van der Waals surface area contributed by atoms with Crippen LogP contribution in [-0.4, -0.2) is 6.54 Å². The minimum atomic E-state index is 0.311. The molecule has 16 heavy (non-hydrogen) atoms. The highest BCUT2D eigenvalue weighted by molar-refractivity contribution is 6.30. The number of hydrogen-bond acceptors (Lipinski definition) is 2. The van der Waals surface area contributed by atoms with Crippen LogP contribution >= 0.6 is 11.6 Å². The van der Waals surface area contributed by atoms with Crippen molar-refractivity contribution in [2.45, 2.75) is 25.3 Å². The van der Waals surface area contributed by atoms with E-state index in [9.17, 15) is 0 Å². The molecule has 1 atom stereocenters. The molecular formula is C13H15ClN2. The molecule has 1 aromatic carbocycles. The molecule has 0 bridgehead atoms. The predicted molar refractivity (Wildman–Crippen MR) is 65.1 cm³/mol. The number of halogens is 1. The summed E-state index contributed by atoms with van der Waals surface area (Å²) in [5.74, 6) is 0.675. The van der Waals surface area contributed by atoms with Gasteiger partial charge < -0.3 is 0 Å². The minimum Gasteiger partial charge on any atom is -0.297 e. The molecule has 0 radical (unpaired) electrons.